The molecule has 0 bridgehead atoms. The van der Waals surface area contributed by atoms with Crippen LogP contribution in [0.2, 0.25) is 0 Å². The van der Waals surface area contributed by atoms with Gasteiger partial charge >= 0.3 is 0 Å². The van der Waals surface area contributed by atoms with E-state index in [9.17, 15) is 14.3 Å². The standard InChI is InChI=1S/C18H19FIN3O2/c19-14-9-12(20)3-4-15(14)22-16-10-21-8-5-13(16)17(25)23-18(11-24)6-1-2-7-18/h3-5,8-10,22,24H,1-2,6-7,11H2,(H,23,25). The van der Waals surface area contributed by atoms with Crippen molar-refractivity contribution in [2.45, 2.75) is 31.2 Å². The molecule has 1 heterocycles. The number of carbonyl (C=O) groups excluding carboxylic acids is 1. The van der Waals surface area contributed by atoms with Crippen molar-refractivity contribution in [3.63, 3.8) is 0 Å². The van der Waals surface area contributed by atoms with Crippen LogP contribution < -0.4 is 10.6 Å². The molecule has 0 spiro atoms. The minimum absolute atomic E-state index is 0.0850. The van der Waals surface area contributed by atoms with Crippen LogP contribution in [0.5, 0.6) is 0 Å². The summed E-state index contributed by atoms with van der Waals surface area (Å²) >= 11 is 2.04. The fourth-order valence-electron chi connectivity index (χ4n) is 3.11. The summed E-state index contributed by atoms with van der Waals surface area (Å²) < 4.78 is 14.9. The van der Waals surface area contributed by atoms with Gasteiger partial charge < -0.3 is 15.7 Å². The first-order valence-corrected chi connectivity index (χ1v) is 9.20. The van der Waals surface area contributed by atoms with Crippen molar-refractivity contribution in [1.29, 1.82) is 0 Å². The molecule has 5 nitrogen and oxygen atoms in total. The Balaban J connectivity index is 1.84. The number of aliphatic hydroxyl groups is 1. The van der Waals surface area contributed by atoms with E-state index in [-0.39, 0.29) is 18.2 Å². The van der Waals surface area contributed by atoms with E-state index in [2.05, 4.69) is 15.6 Å². The highest BCUT2D eigenvalue weighted by molar-refractivity contribution is 14.1. The third-order valence-corrected chi connectivity index (χ3v) is 5.18. The minimum Gasteiger partial charge on any atom is -0.394 e. The lowest BCUT2D eigenvalue weighted by Gasteiger charge is -2.28. The normalized spacial score (nSPS) is 15.8. The Hall–Kier alpha value is -1.74. The zero-order valence-corrected chi connectivity index (χ0v) is 15.7. The van der Waals surface area contributed by atoms with Gasteiger partial charge in [0.25, 0.3) is 5.91 Å². The van der Waals surface area contributed by atoms with Gasteiger partial charge in [-0.3, -0.25) is 9.78 Å². The van der Waals surface area contributed by atoms with Gasteiger partial charge in [-0.15, -0.1) is 0 Å². The maximum absolute atomic E-state index is 14.1. The first-order chi connectivity index (χ1) is 12.0. The third-order valence-electron chi connectivity index (χ3n) is 4.51. The lowest BCUT2D eigenvalue weighted by molar-refractivity contribution is 0.0839. The molecule has 1 saturated carbocycles. The summed E-state index contributed by atoms with van der Waals surface area (Å²) in [7, 11) is 0. The zero-order chi connectivity index (χ0) is 17.9. The molecule has 1 amide bonds. The third kappa shape index (κ3) is 4.09. The van der Waals surface area contributed by atoms with Gasteiger partial charge in [0.2, 0.25) is 0 Å². The van der Waals surface area contributed by atoms with E-state index in [1.807, 2.05) is 22.6 Å². The Kier molecular flexibility index (Phi) is 5.53. The maximum atomic E-state index is 14.1. The lowest BCUT2D eigenvalue weighted by Crippen LogP contribution is -2.49. The number of nitrogens with one attached hydrogen (secondary N) is 2. The van der Waals surface area contributed by atoms with E-state index in [4.69, 9.17) is 0 Å². The van der Waals surface area contributed by atoms with Gasteiger partial charge in [0.05, 0.1) is 35.3 Å². The van der Waals surface area contributed by atoms with E-state index in [1.54, 1.807) is 18.2 Å². The second-order valence-electron chi connectivity index (χ2n) is 6.27. The number of amides is 1. The molecule has 25 heavy (non-hydrogen) atoms. The molecule has 1 fully saturated rings. The molecular weight excluding hydrogens is 436 g/mol. The number of hydrogen-bond acceptors (Lipinski definition) is 4. The molecule has 3 rings (SSSR count). The van der Waals surface area contributed by atoms with Crippen LogP contribution >= 0.6 is 22.6 Å². The van der Waals surface area contributed by atoms with E-state index in [0.717, 1.165) is 29.3 Å². The van der Waals surface area contributed by atoms with Crippen molar-refractivity contribution in [2.75, 3.05) is 11.9 Å². The average molecular weight is 455 g/mol. The quantitative estimate of drug-likeness (QED) is 0.603. The van der Waals surface area contributed by atoms with Gasteiger partial charge in [-0.05, 0) is 59.7 Å². The SMILES string of the molecule is O=C(NC1(CO)CCCC1)c1ccncc1Nc1ccc(I)cc1F. The highest BCUT2D eigenvalue weighted by Crippen LogP contribution is 2.30. The Morgan fingerprint density at radius 1 is 1.28 bits per heavy atom. The Labute approximate surface area is 159 Å². The smallest absolute Gasteiger partial charge is 0.254 e. The summed E-state index contributed by atoms with van der Waals surface area (Å²) in [6.45, 7) is -0.0850. The molecule has 1 aliphatic rings. The van der Waals surface area contributed by atoms with Crippen LogP contribution in [0.15, 0.2) is 36.7 Å². The van der Waals surface area contributed by atoms with E-state index in [0.29, 0.717) is 11.3 Å². The molecule has 3 N–H and O–H groups in total. The largest absolute Gasteiger partial charge is 0.394 e. The van der Waals surface area contributed by atoms with Crippen LogP contribution in [-0.2, 0) is 0 Å². The molecule has 1 aromatic carbocycles. The first kappa shape index (κ1) is 18.1. The van der Waals surface area contributed by atoms with Gasteiger partial charge in [0, 0.05) is 9.77 Å². The summed E-state index contributed by atoms with van der Waals surface area (Å²) in [6, 6.07) is 6.40. The molecule has 1 aromatic heterocycles. The van der Waals surface area contributed by atoms with Crippen molar-refractivity contribution < 1.29 is 14.3 Å². The lowest BCUT2D eigenvalue weighted by atomic mass is 9.98. The number of nitrogens with zero attached hydrogens (tertiary/aromatic N) is 1. The number of anilines is 2. The topological polar surface area (TPSA) is 74.2 Å². The molecule has 0 unspecified atom stereocenters. The number of pyridine rings is 1. The van der Waals surface area contributed by atoms with Crippen molar-refractivity contribution in [3.05, 3.63) is 51.6 Å². The molecule has 7 heteroatoms. The zero-order valence-electron chi connectivity index (χ0n) is 13.6. The molecular formula is C18H19FIN3O2. The molecule has 1 aliphatic carbocycles. The predicted octanol–water partition coefficient (Wildman–Crippen LogP) is 3.60. The number of benzene rings is 1. The van der Waals surface area contributed by atoms with Crippen LogP contribution in [0.25, 0.3) is 0 Å². The van der Waals surface area contributed by atoms with Gasteiger partial charge in [-0.25, -0.2) is 4.39 Å². The summed E-state index contributed by atoms with van der Waals surface area (Å²) in [5.41, 5.74) is 0.505. The van der Waals surface area contributed by atoms with Crippen molar-refractivity contribution in [3.8, 4) is 0 Å². The predicted molar refractivity (Wildman–Crippen MR) is 102 cm³/mol. The van der Waals surface area contributed by atoms with E-state index < -0.39 is 11.4 Å². The van der Waals surface area contributed by atoms with Gasteiger partial charge in [-0.2, -0.15) is 0 Å². The second kappa shape index (κ2) is 7.65. The number of rotatable bonds is 5. The molecule has 2 aromatic rings. The summed E-state index contributed by atoms with van der Waals surface area (Å²) in [4.78, 5) is 16.8. The molecule has 0 aliphatic heterocycles. The Bertz CT molecular complexity index is 779. The van der Waals surface area contributed by atoms with Crippen molar-refractivity contribution in [1.82, 2.24) is 10.3 Å². The van der Waals surface area contributed by atoms with Gasteiger partial charge in [0.15, 0.2) is 0 Å². The first-order valence-electron chi connectivity index (χ1n) is 8.12. The highest BCUT2D eigenvalue weighted by atomic mass is 127. The fraction of sp³-hybridized carbons (Fsp3) is 0.333. The van der Waals surface area contributed by atoms with E-state index in [1.165, 1.54) is 18.5 Å². The maximum Gasteiger partial charge on any atom is 0.254 e. The van der Waals surface area contributed by atoms with Crippen LogP contribution in [0, 0.1) is 9.39 Å². The summed E-state index contributed by atoms with van der Waals surface area (Å²) in [6.07, 6.45) is 6.49. The van der Waals surface area contributed by atoms with Crippen LogP contribution in [0.3, 0.4) is 0 Å². The molecule has 0 atom stereocenters. The van der Waals surface area contributed by atoms with Crippen LogP contribution in [0.4, 0.5) is 15.8 Å². The molecule has 0 saturated heterocycles. The number of hydrogen-bond donors (Lipinski definition) is 3. The van der Waals surface area contributed by atoms with E-state index >= 15 is 0 Å². The van der Waals surface area contributed by atoms with Crippen molar-refractivity contribution in [2.24, 2.45) is 0 Å². The molecule has 132 valence electrons. The number of carbonyl (C=O) groups is 1. The van der Waals surface area contributed by atoms with Crippen molar-refractivity contribution >= 4 is 39.9 Å². The summed E-state index contributed by atoms with van der Waals surface area (Å²) in [5.74, 6) is -0.698. The van der Waals surface area contributed by atoms with Gasteiger partial charge in [0.1, 0.15) is 5.82 Å². The summed E-state index contributed by atoms with van der Waals surface area (Å²) in [5, 5.41) is 15.6. The number of aliphatic hydroxyl groups excluding tert-OH is 1. The average Bonchev–Trinajstić information content (AvgIpc) is 3.07. The number of aromatic nitrogens is 1. The van der Waals surface area contributed by atoms with Crippen LogP contribution in [0.1, 0.15) is 36.0 Å². The number of halogens is 2. The molecule has 0 radical (unpaired) electrons. The Morgan fingerprint density at radius 2 is 2.04 bits per heavy atom. The fourth-order valence-corrected chi connectivity index (χ4v) is 3.56. The Morgan fingerprint density at radius 3 is 2.72 bits per heavy atom. The van der Waals surface area contributed by atoms with Crippen LogP contribution in [-0.4, -0.2) is 28.1 Å². The second-order valence-corrected chi connectivity index (χ2v) is 7.52. The minimum atomic E-state index is -0.564. The monoisotopic (exact) mass is 455 g/mol. The highest BCUT2D eigenvalue weighted by Gasteiger charge is 2.35. The van der Waals surface area contributed by atoms with Gasteiger partial charge in [-0.1, -0.05) is 12.8 Å².